The van der Waals surface area contributed by atoms with Crippen molar-refractivity contribution >= 4 is 11.6 Å². The molecule has 0 amide bonds. The SMILES string of the molecule is CCc1cccc(C(C)(C)Cl)c1. The minimum atomic E-state index is -0.245. The molecule has 0 atom stereocenters. The molecule has 0 aliphatic carbocycles. The van der Waals surface area contributed by atoms with Crippen LogP contribution in [0.1, 0.15) is 31.9 Å². The maximum Gasteiger partial charge on any atom is 0.0638 e. The Bertz CT molecular complexity index is 258. The zero-order chi connectivity index (χ0) is 9.19. The van der Waals surface area contributed by atoms with E-state index >= 15 is 0 Å². The molecule has 0 fully saturated rings. The molecule has 0 N–H and O–H groups in total. The summed E-state index contributed by atoms with van der Waals surface area (Å²) in [6.07, 6.45) is 1.07. The minimum Gasteiger partial charge on any atom is -0.115 e. The molecule has 0 aliphatic rings. The number of halogens is 1. The fourth-order valence-electron chi connectivity index (χ4n) is 1.16. The van der Waals surface area contributed by atoms with E-state index in [9.17, 15) is 0 Å². The normalized spacial score (nSPS) is 11.7. The first-order valence-electron chi connectivity index (χ1n) is 4.32. The van der Waals surface area contributed by atoms with Gasteiger partial charge in [0.1, 0.15) is 0 Å². The molecule has 0 aromatic heterocycles. The van der Waals surface area contributed by atoms with Crippen molar-refractivity contribution in [2.75, 3.05) is 0 Å². The van der Waals surface area contributed by atoms with E-state index in [2.05, 4.69) is 31.2 Å². The average molecular weight is 183 g/mol. The standard InChI is InChI=1S/C11H15Cl/c1-4-9-6-5-7-10(8-9)11(2,3)12/h5-8H,4H2,1-3H3. The molecular formula is C11H15Cl. The van der Waals surface area contributed by atoms with Gasteiger partial charge >= 0.3 is 0 Å². The summed E-state index contributed by atoms with van der Waals surface area (Å²) in [4.78, 5) is -0.245. The van der Waals surface area contributed by atoms with Crippen LogP contribution in [0.4, 0.5) is 0 Å². The van der Waals surface area contributed by atoms with E-state index in [1.54, 1.807) is 0 Å². The molecule has 1 heteroatoms. The van der Waals surface area contributed by atoms with Gasteiger partial charge in [0, 0.05) is 0 Å². The molecule has 66 valence electrons. The van der Waals surface area contributed by atoms with Crippen LogP contribution in [0.3, 0.4) is 0 Å². The highest BCUT2D eigenvalue weighted by molar-refractivity contribution is 6.23. The molecule has 0 spiro atoms. The fourth-order valence-corrected chi connectivity index (χ4v) is 1.28. The molecule has 1 rings (SSSR count). The van der Waals surface area contributed by atoms with Gasteiger partial charge < -0.3 is 0 Å². The minimum absolute atomic E-state index is 0.245. The smallest absolute Gasteiger partial charge is 0.0638 e. The van der Waals surface area contributed by atoms with E-state index < -0.39 is 0 Å². The van der Waals surface area contributed by atoms with Crippen LogP contribution in [0.25, 0.3) is 0 Å². The van der Waals surface area contributed by atoms with Crippen LogP contribution in [0.5, 0.6) is 0 Å². The van der Waals surface area contributed by atoms with Gasteiger partial charge in [0.15, 0.2) is 0 Å². The van der Waals surface area contributed by atoms with E-state index in [-0.39, 0.29) is 4.87 Å². The van der Waals surface area contributed by atoms with E-state index in [4.69, 9.17) is 11.6 Å². The summed E-state index contributed by atoms with van der Waals surface area (Å²) in [5, 5.41) is 0. The fraction of sp³-hybridized carbons (Fsp3) is 0.455. The summed E-state index contributed by atoms with van der Waals surface area (Å²) in [5.41, 5.74) is 2.55. The predicted octanol–water partition coefficient (Wildman–Crippen LogP) is 3.72. The molecule has 0 aliphatic heterocycles. The molecule has 12 heavy (non-hydrogen) atoms. The van der Waals surface area contributed by atoms with E-state index in [1.165, 1.54) is 11.1 Å². The molecule has 0 saturated heterocycles. The Morgan fingerprint density at radius 3 is 2.50 bits per heavy atom. The van der Waals surface area contributed by atoms with Gasteiger partial charge in [-0.3, -0.25) is 0 Å². The Hall–Kier alpha value is -0.490. The number of hydrogen-bond acceptors (Lipinski definition) is 0. The monoisotopic (exact) mass is 182 g/mol. The van der Waals surface area contributed by atoms with Crippen LogP contribution < -0.4 is 0 Å². The summed E-state index contributed by atoms with van der Waals surface area (Å²) in [7, 11) is 0. The van der Waals surface area contributed by atoms with Gasteiger partial charge in [-0.15, -0.1) is 11.6 Å². The maximum atomic E-state index is 6.19. The highest BCUT2D eigenvalue weighted by atomic mass is 35.5. The van der Waals surface area contributed by atoms with Gasteiger partial charge in [-0.1, -0.05) is 31.2 Å². The number of rotatable bonds is 2. The molecule has 0 unspecified atom stereocenters. The summed E-state index contributed by atoms with van der Waals surface area (Å²) >= 11 is 6.19. The van der Waals surface area contributed by atoms with Gasteiger partial charge in [-0.05, 0) is 31.4 Å². The van der Waals surface area contributed by atoms with Crippen LogP contribution in [0.15, 0.2) is 24.3 Å². The summed E-state index contributed by atoms with van der Waals surface area (Å²) in [6, 6.07) is 8.45. The van der Waals surface area contributed by atoms with Gasteiger partial charge in [0.2, 0.25) is 0 Å². The lowest BCUT2D eigenvalue weighted by Gasteiger charge is -2.16. The largest absolute Gasteiger partial charge is 0.115 e. The molecular weight excluding hydrogens is 168 g/mol. The Balaban J connectivity index is 3.02. The van der Waals surface area contributed by atoms with Crippen LogP contribution >= 0.6 is 11.6 Å². The summed E-state index contributed by atoms with van der Waals surface area (Å²) in [5.74, 6) is 0. The molecule has 0 radical (unpaired) electrons. The Morgan fingerprint density at radius 2 is 2.00 bits per heavy atom. The van der Waals surface area contributed by atoms with Crippen molar-refractivity contribution in [2.45, 2.75) is 32.1 Å². The second kappa shape index (κ2) is 3.49. The van der Waals surface area contributed by atoms with Crippen molar-refractivity contribution in [1.82, 2.24) is 0 Å². The van der Waals surface area contributed by atoms with Gasteiger partial charge in [0.05, 0.1) is 4.87 Å². The van der Waals surface area contributed by atoms with E-state index in [1.807, 2.05) is 13.8 Å². The molecule has 0 nitrogen and oxygen atoms in total. The number of alkyl halides is 1. The van der Waals surface area contributed by atoms with Crippen LogP contribution in [-0.4, -0.2) is 0 Å². The highest BCUT2D eigenvalue weighted by Crippen LogP contribution is 2.27. The Morgan fingerprint density at radius 1 is 1.33 bits per heavy atom. The average Bonchev–Trinajstić information content (AvgIpc) is 2.03. The van der Waals surface area contributed by atoms with Gasteiger partial charge in [-0.25, -0.2) is 0 Å². The van der Waals surface area contributed by atoms with E-state index in [0.717, 1.165) is 6.42 Å². The maximum absolute atomic E-state index is 6.19. The molecule has 1 aromatic rings. The second-order valence-electron chi connectivity index (χ2n) is 3.53. The molecule has 0 heterocycles. The number of aryl methyl sites for hydroxylation is 1. The first kappa shape index (κ1) is 9.60. The van der Waals surface area contributed by atoms with Crippen LogP contribution in [-0.2, 0) is 11.3 Å². The van der Waals surface area contributed by atoms with Crippen molar-refractivity contribution in [3.05, 3.63) is 35.4 Å². The van der Waals surface area contributed by atoms with Crippen molar-refractivity contribution in [3.8, 4) is 0 Å². The van der Waals surface area contributed by atoms with Crippen molar-refractivity contribution in [1.29, 1.82) is 0 Å². The zero-order valence-corrected chi connectivity index (χ0v) is 8.65. The summed E-state index contributed by atoms with van der Waals surface area (Å²) in [6.45, 7) is 6.19. The summed E-state index contributed by atoms with van der Waals surface area (Å²) < 4.78 is 0. The van der Waals surface area contributed by atoms with E-state index in [0.29, 0.717) is 0 Å². The topological polar surface area (TPSA) is 0 Å². The third-order valence-electron chi connectivity index (χ3n) is 2.02. The lowest BCUT2D eigenvalue weighted by molar-refractivity contribution is 0.764. The van der Waals surface area contributed by atoms with Gasteiger partial charge in [-0.2, -0.15) is 0 Å². The predicted molar refractivity (Wildman–Crippen MR) is 54.7 cm³/mol. The van der Waals surface area contributed by atoms with Crippen molar-refractivity contribution in [2.24, 2.45) is 0 Å². The number of hydrogen-bond donors (Lipinski definition) is 0. The lowest BCUT2D eigenvalue weighted by atomic mass is 9.99. The third kappa shape index (κ3) is 2.25. The second-order valence-corrected chi connectivity index (χ2v) is 4.47. The van der Waals surface area contributed by atoms with Crippen molar-refractivity contribution in [3.63, 3.8) is 0 Å². The molecule has 0 saturated carbocycles. The van der Waals surface area contributed by atoms with Crippen molar-refractivity contribution < 1.29 is 0 Å². The first-order chi connectivity index (χ1) is 5.54. The van der Waals surface area contributed by atoms with Gasteiger partial charge in [0.25, 0.3) is 0 Å². The first-order valence-corrected chi connectivity index (χ1v) is 4.70. The third-order valence-corrected chi connectivity index (χ3v) is 2.24. The highest BCUT2D eigenvalue weighted by Gasteiger charge is 2.15. The Labute approximate surface area is 79.6 Å². The zero-order valence-electron chi connectivity index (χ0n) is 7.89. The quantitative estimate of drug-likeness (QED) is 0.612. The lowest BCUT2D eigenvalue weighted by Crippen LogP contribution is -2.07. The number of benzene rings is 1. The molecule has 0 bridgehead atoms. The van der Waals surface area contributed by atoms with Crippen LogP contribution in [0.2, 0.25) is 0 Å². The Kier molecular flexibility index (Phi) is 2.79. The van der Waals surface area contributed by atoms with Crippen LogP contribution in [0, 0.1) is 0 Å². The molecule has 1 aromatic carbocycles.